The molecule has 0 atom stereocenters. The lowest BCUT2D eigenvalue weighted by atomic mass is 10.2. The molecule has 5 heteroatoms. The summed E-state index contributed by atoms with van der Waals surface area (Å²) < 4.78 is 11.6. The molecular weight excluding hydrogens is 356 g/mol. The summed E-state index contributed by atoms with van der Waals surface area (Å²) in [6.45, 7) is 11.0. The first-order chi connectivity index (χ1) is 13.2. The maximum Gasteiger partial charge on any atom is 0.184 e. The van der Waals surface area contributed by atoms with E-state index in [0.29, 0.717) is 13.2 Å². The summed E-state index contributed by atoms with van der Waals surface area (Å²) in [4.78, 5) is 6.41. The Labute approximate surface area is 166 Å². The number of nitrogens with zero attached hydrogens (tertiary/aromatic N) is 2. The van der Waals surface area contributed by atoms with Crippen molar-refractivity contribution in [1.82, 2.24) is 4.90 Å². The number of ether oxygens (including phenoxy) is 2. The lowest BCUT2D eigenvalue weighted by Gasteiger charge is -2.37. The molecule has 4 nitrogen and oxygen atoms in total. The van der Waals surface area contributed by atoms with E-state index in [-0.39, 0.29) is 0 Å². The second kappa shape index (κ2) is 8.44. The predicted octanol–water partition coefficient (Wildman–Crippen LogP) is 3.99. The summed E-state index contributed by atoms with van der Waals surface area (Å²) >= 11 is 1.97. The van der Waals surface area contributed by atoms with Crippen molar-refractivity contribution in [1.29, 1.82) is 0 Å². The Bertz CT molecular complexity index is 788. The van der Waals surface area contributed by atoms with Gasteiger partial charge in [0.05, 0.1) is 5.69 Å². The van der Waals surface area contributed by atoms with Crippen LogP contribution in [0.15, 0.2) is 41.3 Å². The van der Waals surface area contributed by atoms with Crippen LogP contribution in [0.1, 0.15) is 11.1 Å². The molecule has 0 unspecified atom stereocenters. The van der Waals surface area contributed by atoms with Crippen molar-refractivity contribution in [2.45, 2.75) is 18.7 Å². The van der Waals surface area contributed by atoms with E-state index in [9.17, 15) is 0 Å². The Morgan fingerprint density at radius 3 is 2.59 bits per heavy atom. The molecular formula is C22H28N2O2S. The van der Waals surface area contributed by atoms with Crippen molar-refractivity contribution in [3.63, 3.8) is 0 Å². The molecule has 144 valence electrons. The SMILES string of the molecule is Cc1ccc(SCCN2CCN(c3cccc4c3OCCO4)CC2)c(C)c1. The van der Waals surface area contributed by atoms with E-state index in [1.54, 1.807) is 0 Å². The standard InChI is InChI=1S/C22H28N2O2S/c1-17-6-7-21(18(2)16-17)27-15-12-23-8-10-24(11-9-23)19-4-3-5-20-22(19)26-14-13-25-20/h3-7,16H,8-15H2,1-2H3. The average Bonchev–Trinajstić information content (AvgIpc) is 2.70. The summed E-state index contributed by atoms with van der Waals surface area (Å²) in [7, 11) is 0. The summed E-state index contributed by atoms with van der Waals surface area (Å²) in [6.07, 6.45) is 0. The van der Waals surface area contributed by atoms with Gasteiger partial charge in [0.2, 0.25) is 0 Å². The third-order valence-electron chi connectivity index (χ3n) is 5.25. The van der Waals surface area contributed by atoms with E-state index in [4.69, 9.17) is 9.47 Å². The molecule has 2 aliphatic rings. The summed E-state index contributed by atoms with van der Waals surface area (Å²) in [5.74, 6) is 2.94. The Kier molecular flexibility index (Phi) is 5.79. The van der Waals surface area contributed by atoms with Crippen molar-refractivity contribution < 1.29 is 9.47 Å². The zero-order chi connectivity index (χ0) is 18.6. The number of piperazine rings is 1. The third-order valence-corrected chi connectivity index (χ3v) is 6.41. The minimum absolute atomic E-state index is 0.639. The molecule has 4 rings (SSSR count). The van der Waals surface area contributed by atoms with Crippen LogP contribution in [0.3, 0.4) is 0 Å². The first-order valence-electron chi connectivity index (χ1n) is 9.77. The van der Waals surface area contributed by atoms with Gasteiger partial charge in [-0.2, -0.15) is 0 Å². The Hall–Kier alpha value is -1.85. The van der Waals surface area contributed by atoms with Crippen molar-refractivity contribution in [3.8, 4) is 11.5 Å². The predicted molar refractivity (Wildman–Crippen MR) is 113 cm³/mol. The Morgan fingerprint density at radius 2 is 1.78 bits per heavy atom. The lowest BCUT2D eigenvalue weighted by Crippen LogP contribution is -2.47. The third kappa shape index (κ3) is 4.36. The zero-order valence-electron chi connectivity index (χ0n) is 16.2. The minimum atomic E-state index is 0.639. The van der Waals surface area contributed by atoms with Gasteiger partial charge in [-0.1, -0.05) is 23.8 Å². The molecule has 2 aromatic rings. The molecule has 2 heterocycles. The fourth-order valence-corrected chi connectivity index (χ4v) is 4.79. The maximum absolute atomic E-state index is 5.88. The zero-order valence-corrected chi connectivity index (χ0v) is 17.1. The molecule has 0 saturated carbocycles. The lowest BCUT2D eigenvalue weighted by molar-refractivity contribution is 0.171. The molecule has 0 spiro atoms. The molecule has 0 aromatic heterocycles. The van der Waals surface area contributed by atoms with Crippen LogP contribution >= 0.6 is 11.8 Å². The molecule has 1 fully saturated rings. The van der Waals surface area contributed by atoms with Gasteiger partial charge in [-0.15, -0.1) is 11.8 Å². The quantitative estimate of drug-likeness (QED) is 0.726. The second-order valence-electron chi connectivity index (χ2n) is 7.25. The highest BCUT2D eigenvalue weighted by Gasteiger charge is 2.23. The number of hydrogen-bond donors (Lipinski definition) is 0. The van der Waals surface area contributed by atoms with E-state index in [1.165, 1.54) is 21.7 Å². The van der Waals surface area contributed by atoms with Crippen molar-refractivity contribution in [2.24, 2.45) is 0 Å². The highest BCUT2D eigenvalue weighted by atomic mass is 32.2. The van der Waals surface area contributed by atoms with Crippen LogP contribution in [0.2, 0.25) is 0 Å². The number of benzene rings is 2. The van der Waals surface area contributed by atoms with Gasteiger partial charge in [0.25, 0.3) is 0 Å². The number of hydrogen-bond acceptors (Lipinski definition) is 5. The topological polar surface area (TPSA) is 24.9 Å². The normalized spacial score (nSPS) is 17.2. The van der Waals surface area contributed by atoms with Gasteiger partial charge in [-0.05, 0) is 37.6 Å². The summed E-state index contributed by atoms with van der Waals surface area (Å²) in [6, 6.07) is 13.0. The minimum Gasteiger partial charge on any atom is -0.486 e. The fourth-order valence-electron chi connectivity index (χ4n) is 3.77. The molecule has 0 bridgehead atoms. The average molecular weight is 385 g/mol. The number of para-hydroxylation sites is 1. The monoisotopic (exact) mass is 384 g/mol. The Balaban J connectivity index is 1.28. The van der Waals surface area contributed by atoms with Gasteiger partial charge in [0.15, 0.2) is 11.5 Å². The number of fused-ring (bicyclic) bond motifs is 1. The summed E-state index contributed by atoms with van der Waals surface area (Å²) in [5.41, 5.74) is 3.91. The molecule has 0 amide bonds. The van der Waals surface area contributed by atoms with Crippen LogP contribution in [-0.2, 0) is 0 Å². The van der Waals surface area contributed by atoms with E-state index in [0.717, 1.165) is 50.0 Å². The van der Waals surface area contributed by atoms with Gasteiger partial charge in [0, 0.05) is 43.4 Å². The number of anilines is 1. The second-order valence-corrected chi connectivity index (χ2v) is 8.38. The van der Waals surface area contributed by atoms with Crippen LogP contribution in [0.5, 0.6) is 11.5 Å². The van der Waals surface area contributed by atoms with Crippen LogP contribution in [0.25, 0.3) is 0 Å². The van der Waals surface area contributed by atoms with E-state index < -0.39 is 0 Å². The Morgan fingerprint density at radius 1 is 0.963 bits per heavy atom. The first-order valence-corrected chi connectivity index (χ1v) is 10.8. The first kappa shape index (κ1) is 18.5. The largest absolute Gasteiger partial charge is 0.486 e. The molecule has 27 heavy (non-hydrogen) atoms. The number of rotatable bonds is 5. The molecule has 0 N–H and O–H groups in total. The summed E-state index contributed by atoms with van der Waals surface area (Å²) in [5, 5.41) is 0. The van der Waals surface area contributed by atoms with Crippen LogP contribution in [0.4, 0.5) is 5.69 Å². The van der Waals surface area contributed by atoms with Crippen molar-refractivity contribution in [2.75, 3.05) is 56.6 Å². The highest BCUT2D eigenvalue weighted by molar-refractivity contribution is 7.99. The van der Waals surface area contributed by atoms with Crippen LogP contribution in [-0.4, -0.2) is 56.6 Å². The van der Waals surface area contributed by atoms with Gasteiger partial charge < -0.3 is 14.4 Å². The van der Waals surface area contributed by atoms with Gasteiger partial charge >= 0.3 is 0 Å². The highest BCUT2D eigenvalue weighted by Crippen LogP contribution is 2.39. The molecule has 0 radical (unpaired) electrons. The van der Waals surface area contributed by atoms with Crippen LogP contribution < -0.4 is 14.4 Å². The van der Waals surface area contributed by atoms with Gasteiger partial charge in [-0.3, -0.25) is 4.90 Å². The van der Waals surface area contributed by atoms with Crippen molar-refractivity contribution >= 4 is 17.4 Å². The number of thioether (sulfide) groups is 1. The van der Waals surface area contributed by atoms with Gasteiger partial charge in [-0.25, -0.2) is 0 Å². The maximum atomic E-state index is 5.88. The fraction of sp³-hybridized carbons (Fsp3) is 0.455. The van der Waals surface area contributed by atoms with E-state index in [2.05, 4.69) is 54.0 Å². The smallest absolute Gasteiger partial charge is 0.184 e. The molecule has 1 saturated heterocycles. The van der Waals surface area contributed by atoms with Gasteiger partial charge in [0.1, 0.15) is 13.2 Å². The molecule has 2 aliphatic heterocycles. The van der Waals surface area contributed by atoms with E-state index >= 15 is 0 Å². The number of aryl methyl sites for hydroxylation is 2. The molecule has 2 aromatic carbocycles. The van der Waals surface area contributed by atoms with E-state index in [1.807, 2.05) is 17.8 Å². The van der Waals surface area contributed by atoms with Crippen molar-refractivity contribution in [3.05, 3.63) is 47.5 Å². The molecule has 0 aliphatic carbocycles. The van der Waals surface area contributed by atoms with Crippen LogP contribution in [0, 0.1) is 13.8 Å².